The number of carboxylic acid groups (broad SMARTS) is 1. The fraction of sp³-hybridized carbons (Fsp3) is 0.333. The molecule has 0 aromatic heterocycles. The number of aromatic carboxylic acids is 1. The number of ether oxygens (including phenoxy) is 1. The first-order chi connectivity index (χ1) is 8.58. The van der Waals surface area contributed by atoms with Crippen molar-refractivity contribution in [2.75, 3.05) is 20.2 Å². The van der Waals surface area contributed by atoms with E-state index in [1.165, 1.54) is 11.0 Å². The molecule has 0 radical (unpaired) electrons. The lowest BCUT2D eigenvalue weighted by Crippen LogP contribution is -2.22. The number of rotatable bonds is 7. The monoisotopic (exact) mass is 252 g/mol. The van der Waals surface area contributed by atoms with Gasteiger partial charge >= 0.3 is 5.97 Å². The van der Waals surface area contributed by atoms with Gasteiger partial charge in [-0.25, -0.2) is 4.79 Å². The summed E-state index contributed by atoms with van der Waals surface area (Å²) in [5, 5.41) is 8.93. The molecule has 1 rings (SSSR count). The summed E-state index contributed by atoms with van der Waals surface area (Å²) in [6.45, 7) is 0.931. The second kappa shape index (κ2) is 6.61. The topological polar surface area (TPSA) is 92.9 Å². The molecule has 0 fully saturated rings. The van der Waals surface area contributed by atoms with Crippen LogP contribution in [0.5, 0.6) is 5.75 Å². The molecule has 0 aliphatic rings. The average Bonchev–Trinajstić information content (AvgIpc) is 2.37. The molecule has 6 heteroatoms. The molecular weight excluding hydrogens is 236 g/mol. The van der Waals surface area contributed by atoms with E-state index in [0.29, 0.717) is 30.9 Å². The first-order valence-corrected chi connectivity index (χ1v) is 5.43. The number of hydrogen-bond acceptors (Lipinski definition) is 4. The minimum Gasteiger partial charge on any atom is -0.492 e. The Morgan fingerprint density at radius 1 is 1.56 bits per heavy atom. The van der Waals surface area contributed by atoms with Gasteiger partial charge in [-0.05, 0) is 23.8 Å². The van der Waals surface area contributed by atoms with Gasteiger partial charge in [-0.15, -0.1) is 0 Å². The lowest BCUT2D eigenvalue weighted by Gasteiger charge is -2.12. The highest BCUT2D eigenvalue weighted by Gasteiger charge is 2.09. The van der Waals surface area contributed by atoms with Crippen LogP contribution in [0.25, 0.3) is 0 Å². The van der Waals surface area contributed by atoms with Gasteiger partial charge in [0.15, 0.2) is 0 Å². The van der Waals surface area contributed by atoms with Crippen molar-refractivity contribution in [3.8, 4) is 5.75 Å². The highest BCUT2D eigenvalue weighted by molar-refractivity contribution is 5.89. The highest BCUT2D eigenvalue weighted by atomic mass is 16.5. The van der Waals surface area contributed by atoms with Gasteiger partial charge in [0, 0.05) is 13.6 Å². The zero-order valence-corrected chi connectivity index (χ0v) is 10.1. The third-order valence-corrected chi connectivity index (χ3v) is 2.42. The molecule has 98 valence electrons. The van der Waals surface area contributed by atoms with Crippen LogP contribution in [0.15, 0.2) is 18.2 Å². The first kappa shape index (κ1) is 14.0. The average molecular weight is 252 g/mol. The number of amides is 1. The molecule has 0 saturated carbocycles. The summed E-state index contributed by atoms with van der Waals surface area (Å²) in [4.78, 5) is 22.7. The highest BCUT2D eigenvalue weighted by Crippen LogP contribution is 2.17. The van der Waals surface area contributed by atoms with Crippen molar-refractivity contribution in [2.45, 2.75) is 6.54 Å². The van der Waals surface area contributed by atoms with Crippen LogP contribution in [-0.4, -0.2) is 42.6 Å². The molecule has 1 aromatic carbocycles. The molecule has 3 N–H and O–H groups in total. The number of likely N-dealkylation sites (N-methyl/N-ethyl adjacent to an activating group) is 1. The maximum absolute atomic E-state index is 10.9. The lowest BCUT2D eigenvalue weighted by molar-refractivity contribution is -0.117. The van der Waals surface area contributed by atoms with E-state index < -0.39 is 5.97 Å². The van der Waals surface area contributed by atoms with Crippen LogP contribution >= 0.6 is 0 Å². The summed E-state index contributed by atoms with van der Waals surface area (Å²) in [5.74, 6) is -0.470. The van der Waals surface area contributed by atoms with Crippen LogP contribution in [-0.2, 0) is 11.3 Å². The second-order valence-electron chi connectivity index (χ2n) is 3.76. The maximum atomic E-state index is 10.9. The van der Waals surface area contributed by atoms with E-state index >= 15 is 0 Å². The first-order valence-electron chi connectivity index (χ1n) is 5.43. The number of hydrogen-bond donors (Lipinski definition) is 2. The van der Waals surface area contributed by atoms with Crippen molar-refractivity contribution in [3.63, 3.8) is 0 Å². The molecule has 18 heavy (non-hydrogen) atoms. The Morgan fingerprint density at radius 3 is 2.83 bits per heavy atom. The Kier molecular flexibility index (Phi) is 5.13. The molecule has 0 spiro atoms. The molecule has 6 nitrogen and oxygen atoms in total. The minimum absolute atomic E-state index is 0.132. The molecule has 0 bridgehead atoms. The van der Waals surface area contributed by atoms with E-state index in [-0.39, 0.29) is 12.1 Å². The Balaban J connectivity index is 2.68. The van der Waals surface area contributed by atoms with Crippen LogP contribution in [0.3, 0.4) is 0 Å². The van der Waals surface area contributed by atoms with Gasteiger partial charge in [0.1, 0.15) is 12.4 Å². The zero-order chi connectivity index (χ0) is 13.5. The van der Waals surface area contributed by atoms with Gasteiger partial charge in [0.25, 0.3) is 0 Å². The minimum atomic E-state index is -1.01. The summed E-state index contributed by atoms with van der Waals surface area (Å²) < 4.78 is 5.41. The Morgan fingerprint density at radius 2 is 2.28 bits per heavy atom. The summed E-state index contributed by atoms with van der Waals surface area (Å²) in [7, 11) is 1.65. The lowest BCUT2D eigenvalue weighted by atomic mass is 10.1. The molecular formula is C12H16N2O4. The van der Waals surface area contributed by atoms with Gasteiger partial charge in [0.05, 0.1) is 12.1 Å². The number of carbonyl (C=O) groups is 2. The fourth-order valence-corrected chi connectivity index (χ4v) is 1.40. The summed E-state index contributed by atoms with van der Waals surface area (Å²) in [6.07, 6.45) is 0.711. The fourth-order valence-electron chi connectivity index (χ4n) is 1.40. The van der Waals surface area contributed by atoms with E-state index in [2.05, 4.69) is 0 Å². The summed E-state index contributed by atoms with van der Waals surface area (Å²) >= 11 is 0. The Labute approximate surface area is 105 Å². The second-order valence-corrected chi connectivity index (χ2v) is 3.76. The van der Waals surface area contributed by atoms with E-state index in [1.807, 2.05) is 0 Å². The number of nitrogens with zero attached hydrogens (tertiary/aromatic N) is 1. The van der Waals surface area contributed by atoms with Crippen molar-refractivity contribution in [3.05, 3.63) is 29.3 Å². The number of benzene rings is 1. The van der Waals surface area contributed by atoms with E-state index in [1.54, 1.807) is 19.2 Å². The van der Waals surface area contributed by atoms with Crippen molar-refractivity contribution in [2.24, 2.45) is 5.73 Å². The number of carboxylic acids is 1. The predicted octanol–water partition coefficient (Wildman–Crippen LogP) is 0.311. The van der Waals surface area contributed by atoms with Crippen LogP contribution < -0.4 is 10.5 Å². The van der Waals surface area contributed by atoms with Crippen molar-refractivity contribution < 1.29 is 19.4 Å². The molecule has 0 atom stereocenters. The molecule has 0 saturated heterocycles. The van der Waals surface area contributed by atoms with Crippen LogP contribution in [0.4, 0.5) is 0 Å². The van der Waals surface area contributed by atoms with Gasteiger partial charge in [-0.3, -0.25) is 4.79 Å². The van der Waals surface area contributed by atoms with Crippen molar-refractivity contribution in [1.82, 2.24) is 4.90 Å². The van der Waals surface area contributed by atoms with Gasteiger partial charge in [-0.2, -0.15) is 0 Å². The molecule has 0 heterocycles. The quantitative estimate of drug-likeness (QED) is 0.681. The van der Waals surface area contributed by atoms with Crippen LogP contribution in [0.1, 0.15) is 15.9 Å². The summed E-state index contributed by atoms with van der Waals surface area (Å²) in [5.41, 5.74) is 6.18. The van der Waals surface area contributed by atoms with E-state index in [9.17, 15) is 9.59 Å². The Hall–Kier alpha value is -2.08. The van der Waals surface area contributed by atoms with Crippen molar-refractivity contribution >= 4 is 12.4 Å². The van der Waals surface area contributed by atoms with E-state index in [0.717, 1.165) is 0 Å². The zero-order valence-electron chi connectivity index (χ0n) is 10.1. The third-order valence-electron chi connectivity index (χ3n) is 2.42. The van der Waals surface area contributed by atoms with Gasteiger partial charge in [-0.1, -0.05) is 0 Å². The van der Waals surface area contributed by atoms with Gasteiger partial charge in [0.2, 0.25) is 6.41 Å². The van der Waals surface area contributed by atoms with E-state index in [4.69, 9.17) is 15.6 Å². The largest absolute Gasteiger partial charge is 0.492 e. The number of carbonyl (C=O) groups excluding carboxylic acids is 1. The molecule has 1 amide bonds. The third kappa shape index (κ3) is 3.74. The molecule has 0 unspecified atom stereocenters. The molecule has 0 aliphatic heterocycles. The Bertz CT molecular complexity index is 434. The molecule has 1 aromatic rings. The predicted molar refractivity (Wildman–Crippen MR) is 65.5 cm³/mol. The van der Waals surface area contributed by atoms with Crippen LogP contribution in [0, 0.1) is 0 Å². The normalized spacial score (nSPS) is 9.89. The molecule has 0 aliphatic carbocycles. The maximum Gasteiger partial charge on any atom is 0.336 e. The van der Waals surface area contributed by atoms with Crippen LogP contribution in [0.2, 0.25) is 0 Å². The van der Waals surface area contributed by atoms with Gasteiger partial charge < -0.3 is 20.5 Å². The SMILES string of the molecule is CN(C=O)CCOc1ccc(C(=O)O)c(CN)c1. The standard InChI is InChI=1S/C12H16N2O4/c1-14(8-15)4-5-18-10-2-3-11(12(16)17)9(6-10)7-13/h2-3,6,8H,4-5,7,13H2,1H3,(H,16,17). The summed E-state index contributed by atoms with van der Waals surface area (Å²) in [6, 6.07) is 4.64. The smallest absolute Gasteiger partial charge is 0.336 e. The number of nitrogens with two attached hydrogens (primary N) is 1. The van der Waals surface area contributed by atoms with Crippen molar-refractivity contribution in [1.29, 1.82) is 0 Å².